The molecule has 1 atom stereocenters. The van der Waals surface area contributed by atoms with Gasteiger partial charge in [-0.15, -0.1) is 31.4 Å². The first-order chi connectivity index (χ1) is 8.53. The molecule has 0 amide bonds. The van der Waals surface area contributed by atoms with Crippen molar-refractivity contribution in [3.8, 4) is 0 Å². The van der Waals surface area contributed by atoms with Crippen molar-refractivity contribution in [3.63, 3.8) is 0 Å². The number of thiol groups is 2. The van der Waals surface area contributed by atoms with Gasteiger partial charge in [0.1, 0.15) is 0 Å². The third-order valence-corrected chi connectivity index (χ3v) is 13.6. The van der Waals surface area contributed by atoms with Crippen LogP contribution in [0.2, 0.25) is 0 Å². The van der Waals surface area contributed by atoms with E-state index in [0.717, 1.165) is 11.3 Å². The van der Waals surface area contributed by atoms with Crippen LogP contribution in [-0.2, 0) is 0 Å². The third kappa shape index (κ3) is 3.92. The minimum absolute atomic E-state index is 0.798. The quantitative estimate of drug-likeness (QED) is 0.607. The normalized spacial score (nSPS) is 37.1. The van der Waals surface area contributed by atoms with Crippen molar-refractivity contribution in [2.24, 2.45) is 0 Å². The van der Waals surface area contributed by atoms with Crippen LogP contribution in [0.25, 0.3) is 0 Å². The second-order valence-electron chi connectivity index (χ2n) is 5.71. The fourth-order valence-corrected chi connectivity index (χ4v) is 7.03. The van der Waals surface area contributed by atoms with Gasteiger partial charge in [-0.25, -0.2) is 0 Å². The molecule has 1 heterocycles. The van der Waals surface area contributed by atoms with E-state index in [1.54, 1.807) is 9.83 Å². The Morgan fingerprint density at radius 3 is 2.11 bits per heavy atom. The first-order valence-electron chi connectivity index (χ1n) is 6.78. The van der Waals surface area contributed by atoms with Crippen LogP contribution in [0.4, 0.5) is 0 Å². The van der Waals surface area contributed by atoms with Gasteiger partial charge in [-0.05, 0) is 48.8 Å². The fourth-order valence-electron chi connectivity index (χ4n) is 3.10. The van der Waals surface area contributed by atoms with Crippen LogP contribution in [-0.4, -0.2) is 60.6 Å². The molecule has 1 unspecified atom stereocenters. The fraction of sp³-hybridized carbons (Fsp3) is 1.00. The topological polar surface area (TPSA) is 6.48 Å². The number of rotatable bonds is 3. The molecule has 1 saturated carbocycles. The summed E-state index contributed by atoms with van der Waals surface area (Å²) in [4.78, 5) is 5.16. The Labute approximate surface area is 127 Å². The zero-order valence-electron chi connectivity index (χ0n) is 11.4. The highest BCUT2D eigenvalue weighted by Crippen LogP contribution is 2.68. The first kappa shape index (κ1) is 15.7. The van der Waals surface area contributed by atoms with Gasteiger partial charge in [-0.2, -0.15) is 0 Å². The van der Waals surface area contributed by atoms with E-state index in [4.69, 9.17) is 11.7 Å². The zero-order chi connectivity index (χ0) is 13.2. The smallest absolute Gasteiger partial charge is 0.0113 e. The predicted octanol–water partition coefficient (Wildman–Crippen LogP) is 3.32. The maximum atomic E-state index is 4.85. The van der Waals surface area contributed by atoms with Crippen molar-refractivity contribution in [2.75, 3.05) is 39.5 Å². The second-order valence-corrected chi connectivity index (χ2v) is 15.1. The Morgan fingerprint density at radius 2 is 1.61 bits per heavy atom. The Kier molecular flexibility index (Phi) is 5.98. The molecule has 2 rings (SSSR count). The van der Waals surface area contributed by atoms with Crippen molar-refractivity contribution in [2.45, 2.75) is 37.0 Å². The van der Waals surface area contributed by atoms with E-state index in [0.29, 0.717) is 0 Å². The average molecular weight is 327 g/mol. The van der Waals surface area contributed by atoms with E-state index in [2.05, 4.69) is 34.8 Å². The summed E-state index contributed by atoms with van der Waals surface area (Å²) in [7, 11) is 3.09. The van der Waals surface area contributed by atoms with Crippen LogP contribution >= 0.6 is 41.2 Å². The van der Waals surface area contributed by atoms with Crippen molar-refractivity contribution in [3.05, 3.63) is 0 Å². The lowest BCUT2D eigenvalue weighted by Crippen LogP contribution is -2.50. The third-order valence-electron chi connectivity index (χ3n) is 4.47. The van der Waals surface area contributed by atoms with E-state index in [9.17, 15) is 0 Å². The highest BCUT2D eigenvalue weighted by molar-refractivity contribution is 9.33. The van der Waals surface area contributed by atoms with Gasteiger partial charge < -0.3 is 4.90 Å². The maximum absolute atomic E-state index is 4.85. The van der Waals surface area contributed by atoms with Crippen molar-refractivity contribution < 1.29 is 0 Å². The van der Waals surface area contributed by atoms with Crippen molar-refractivity contribution in [1.29, 1.82) is 0 Å². The summed E-state index contributed by atoms with van der Waals surface area (Å²) < 4.78 is 0. The van der Waals surface area contributed by atoms with Crippen molar-refractivity contribution >= 4 is 41.2 Å². The molecule has 0 radical (unpaired) electrons. The summed E-state index contributed by atoms with van der Waals surface area (Å²) in [5, 5.41) is 0.798. The van der Waals surface area contributed by atoms with Crippen LogP contribution in [0.5, 0.6) is 0 Å². The van der Waals surface area contributed by atoms with Crippen LogP contribution in [0.3, 0.4) is 0 Å². The lowest BCUT2D eigenvalue weighted by molar-refractivity contribution is 0.0922. The molecule has 2 aliphatic rings. The summed E-state index contributed by atoms with van der Waals surface area (Å²) >= 11 is 9.25. The molecule has 1 saturated heterocycles. The number of hydrogen-bond acceptors (Lipinski definition) is 5. The molecule has 6 heteroatoms. The van der Waals surface area contributed by atoms with E-state index in [1.807, 2.05) is 0 Å². The predicted molar refractivity (Wildman–Crippen MR) is 94.2 cm³/mol. The van der Waals surface area contributed by atoms with Gasteiger partial charge in [0.25, 0.3) is 0 Å². The molecule has 0 spiro atoms. The van der Waals surface area contributed by atoms with Crippen LogP contribution in [0.1, 0.15) is 25.7 Å². The average Bonchev–Trinajstić information content (AvgIpc) is 2.40. The van der Waals surface area contributed by atoms with E-state index in [1.165, 1.54) is 51.9 Å². The molecule has 0 N–H and O–H groups in total. The molecular weight excluding hydrogens is 300 g/mol. The molecule has 2 nitrogen and oxygen atoms in total. The summed E-state index contributed by atoms with van der Waals surface area (Å²) in [5.41, 5.74) is 0. The van der Waals surface area contributed by atoms with Gasteiger partial charge >= 0.3 is 0 Å². The van der Waals surface area contributed by atoms with Crippen molar-refractivity contribution in [1.82, 2.24) is 9.80 Å². The molecule has 108 valence electrons. The monoisotopic (exact) mass is 326 g/mol. The van der Waals surface area contributed by atoms with Gasteiger partial charge in [0, 0.05) is 37.5 Å². The Hall–Kier alpha value is 1.32. The van der Waals surface area contributed by atoms with Gasteiger partial charge in [-0.1, -0.05) is 0 Å². The summed E-state index contributed by atoms with van der Waals surface area (Å²) in [5.74, 6) is 0. The minimum atomic E-state index is -0.836. The second kappa shape index (κ2) is 6.85. The molecule has 0 aromatic heterocycles. The Bertz CT molecular complexity index is 259. The summed E-state index contributed by atoms with van der Waals surface area (Å²) in [6.45, 7) is 5.00. The van der Waals surface area contributed by atoms with Gasteiger partial charge in [0.05, 0.1) is 0 Å². The SMILES string of the molecule is CN1CCN(C2CCC(S(C)(S)SS)CC2)CC1. The zero-order valence-corrected chi connectivity index (χ0v) is 14.8. The lowest BCUT2D eigenvalue weighted by Gasteiger charge is -2.45. The standard InChI is InChI=1S/C12H26N2S4/c1-13-7-9-14(10-8-13)11-3-5-12(6-4-11)18(2,16)17-15/h11-12,15-16H,3-10H2,1-2H3. The summed E-state index contributed by atoms with van der Waals surface area (Å²) in [6, 6.07) is 0.836. The largest absolute Gasteiger partial charge is 0.304 e. The molecule has 1 aliphatic heterocycles. The van der Waals surface area contributed by atoms with E-state index >= 15 is 0 Å². The molecule has 2 fully saturated rings. The Balaban J connectivity index is 1.80. The van der Waals surface area contributed by atoms with E-state index in [-0.39, 0.29) is 0 Å². The molecule has 0 aromatic rings. The Morgan fingerprint density at radius 1 is 1.06 bits per heavy atom. The summed E-state index contributed by atoms with van der Waals surface area (Å²) in [6.07, 6.45) is 7.73. The number of piperazine rings is 1. The molecule has 0 aromatic carbocycles. The molecule has 1 aliphatic carbocycles. The number of hydrogen-bond donors (Lipinski definition) is 2. The molecule has 0 bridgehead atoms. The van der Waals surface area contributed by atoms with Crippen LogP contribution in [0.15, 0.2) is 0 Å². The maximum Gasteiger partial charge on any atom is 0.0113 e. The van der Waals surface area contributed by atoms with Crippen LogP contribution in [0, 0.1) is 0 Å². The van der Waals surface area contributed by atoms with Crippen LogP contribution < -0.4 is 0 Å². The highest BCUT2D eigenvalue weighted by Gasteiger charge is 2.33. The molecular formula is C12H26N2S4. The van der Waals surface area contributed by atoms with Gasteiger partial charge in [0.15, 0.2) is 0 Å². The lowest BCUT2D eigenvalue weighted by atomic mass is 9.93. The first-order valence-corrected chi connectivity index (χ1v) is 12.3. The van der Waals surface area contributed by atoms with Gasteiger partial charge in [-0.3, -0.25) is 4.90 Å². The van der Waals surface area contributed by atoms with E-state index < -0.39 is 8.09 Å². The van der Waals surface area contributed by atoms with Gasteiger partial charge in [0.2, 0.25) is 0 Å². The number of likely N-dealkylation sites (N-methyl/N-ethyl adjacent to an activating group) is 1. The number of nitrogens with zero attached hydrogens (tertiary/aromatic N) is 2. The molecule has 18 heavy (non-hydrogen) atoms. The minimum Gasteiger partial charge on any atom is -0.304 e. The highest BCUT2D eigenvalue weighted by atomic mass is 33.7.